The summed E-state index contributed by atoms with van der Waals surface area (Å²) in [5.74, 6) is 0.264. The van der Waals surface area contributed by atoms with E-state index in [0.29, 0.717) is 5.69 Å². The van der Waals surface area contributed by atoms with E-state index >= 15 is 0 Å². The van der Waals surface area contributed by atoms with Crippen LogP contribution in [0.3, 0.4) is 0 Å². The van der Waals surface area contributed by atoms with Crippen LogP contribution in [0, 0.1) is 0 Å². The van der Waals surface area contributed by atoms with Gasteiger partial charge in [0, 0.05) is 15.9 Å². The van der Waals surface area contributed by atoms with Gasteiger partial charge >= 0.3 is 6.03 Å². The molecule has 1 aromatic heterocycles. The Balaban J connectivity index is 1.71. The van der Waals surface area contributed by atoms with E-state index in [1.165, 1.54) is 12.1 Å². The highest BCUT2D eigenvalue weighted by atomic mass is 32.2. The van der Waals surface area contributed by atoms with Crippen LogP contribution in [0.4, 0.5) is 16.3 Å². The van der Waals surface area contributed by atoms with Crippen molar-refractivity contribution in [3.05, 3.63) is 77.1 Å². The van der Waals surface area contributed by atoms with Gasteiger partial charge in [-0.05, 0) is 30.3 Å². The minimum atomic E-state index is -0.435. The van der Waals surface area contributed by atoms with E-state index in [1.807, 2.05) is 54.6 Å². The standard InChI is InChI=1S/C17H14N4O2S/c22-16-11-10-15(20-21-16)19-17(23)18-13-8-4-5-9-14(13)24-12-6-2-1-3-7-12/h1-11H,(H,21,22)(H2,18,19,20,23). The third-order valence-electron chi connectivity index (χ3n) is 3.03. The lowest BCUT2D eigenvalue weighted by molar-refractivity contribution is 0.262. The number of urea groups is 1. The molecule has 0 unspecified atom stereocenters. The van der Waals surface area contributed by atoms with Gasteiger partial charge in [0.1, 0.15) is 0 Å². The molecule has 1 heterocycles. The van der Waals surface area contributed by atoms with Gasteiger partial charge in [0.25, 0.3) is 5.56 Å². The van der Waals surface area contributed by atoms with Gasteiger partial charge in [0.05, 0.1) is 5.69 Å². The Kier molecular flexibility index (Phi) is 4.93. The Hall–Kier alpha value is -3.06. The lowest BCUT2D eigenvalue weighted by Crippen LogP contribution is -2.21. The number of rotatable bonds is 4. The fourth-order valence-electron chi connectivity index (χ4n) is 1.96. The van der Waals surface area contributed by atoms with Crippen LogP contribution in [0.5, 0.6) is 0 Å². The molecular formula is C17H14N4O2S. The zero-order chi connectivity index (χ0) is 16.8. The number of para-hydroxylation sites is 1. The van der Waals surface area contributed by atoms with Crippen LogP contribution in [-0.4, -0.2) is 16.2 Å². The number of carbonyl (C=O) groups is 1. The van der Waals surface area contributed by atoms with Crippen molar-refractivity contribution in [1.82, 2.24) is 10.2 Å². The largest absolute Gasteiger partial charge is 0.324 e. The quantitative estimate of drug-likeness (QED) is 0.679. The summed E-state index contributed by atoms with van der Waals surface area (Å²) in [5.41, 5.74) is 0.360. The summed E-state index contributed by atoms with van der Waals surface area (Å²) in [6.07, 6.45) is 0. The summed E-state index contributed by atoms with van der Waals surface area (Å²) in [4.78, 5) is 25.1. The van der Waals surface area contributed by atoms with E-state index in [2.05, 4.69) is 20.8 Å². The first-order chi connectivity index (χ1) is 11.7. The molecule has 3 N–H and O–H groups in total. The summed E-state index contributed by atoms with van der Waals surface area (Å²) in [6, 6.07) is 19.7. The normalized spacial score (nSPS) is 10.2. The van der Waals surface area contributed by atoms with Gasteiger partial charge in [-0.15, -0.1) is 0 Å². The topological polar surface area (TPSA) is 86.9 Å². The van der Waals surface area contributed by atoms with Gasteiger partial charge in [0.2, 0.25) is 0 Å². The molecule has 0 saturated heterocycles. The first-order valence-corrected chi connectivity index (χ1v) is 7.98. The summed E-state index contributed by atoms with van der Waals surface area (Å²) >= 11 is 1.56. The number of aromatic amines is 1. The molecular weight excluding hydrogens is 324 g/mol. The Morgan fingerprint density at radius 2 is 1.67 bits per heavy atom. The van der Waals surface area contributed by atoms with Crippen LogP contribution in [0.25, 0.3) is 0 Å². The third-order valence-corrected chi connectivity index (χ3v) is 4.11. The highest BCUT2D eigenvalue weighted by molar-refractivity contribution is 7.99. The highest BCUT2D eigenvalue weighted by Gasteiger charge is 2.08. The van der Waals surface area contributed by atoms with Gasteiger partial charge in [-0.1, -0.05) is 42.1 Å². The second-order valence-electron chi connectivity index (χ2n) is 4.80. The molecule has 0 fully saturated rings. The molecule has 2 amide bonds. The molecule has 0 spiro atoms. The van der Waals surface area contributed by atoms with Crippen LogP contribution in [0.2, 0.25) is 0 Å². The van der Waals surface area contributed by atoms with Crippen LogP contribution >= 0.6 is 11.8 Å². The molecule has 3 aromatic rings. The van der Waals surface area contributed by atoms with Crippen LogP contribution in [0.1, 0.15) is 0 Å². The van der Waals surface area contributed by atoms with Crippen molar-refractivity contribution in [3.8, 4) is 0 Å². The number of aromatic nitrogens is 2. The van der Waals surface area contributed by atoms with Gasteiger partial charge in [-0.25, -0.2) is 9.89 Å². The van der Waals surface area contributed by atoms with Gasteiger partial charge < -0.3 is 5.32 Å². The second kappa shape index (κ2) is 7.47. The molecule has 2 aromatic carbocycles. The van der Waals surface area contributed by atoms with Crippen molar-refractivity contribution in [2.75, 3.05) is 10.6 Å². The van der Waals surface area contributed by atoms with Crippen LogP contribution < -0.4 is 16.2 Å². The summed E-state index contributed by atoms with van der Waals surface area (Å²) in [5, 5.41) is 11.4. The molecule has 0 atom stereocenters. The smallest absolute Gasteiger partial charge is 0.307 e. The summed E-state index contributed by atoms with van der Waals surface area (Å²) < 4.78 is 0. The molecule has 0 aliphatic heterocycles. The molecule has 0 aliphatic carbocycles. The summed E-state index contributed by atoms with van der Waals surface area (Å²) in [7, 11) is 0. The molecule has 0 saturated carbocycles. The van der Waals surface area contributed by atoms with Gasteiger partial charge in [0.15, 0.2) is 5.82 Å². The third kappa shape index (κ3) is 4.23. The minimum absolute atomic E-state index is 0.264. The van der Waals surface area contributed by atoms with E-state index < -0.39 is 6.03 Å². The maximum absolute atomic E-state index is 12.1. The Morgan fingerprint density at radius 3 is 2.42 bits per heavy atom. The predicted octanol–water partition coefficient (Wildman–Crippen LogP) is 3.57. The fraction of sp³-hybridized carbons (Fsp3) is 0. The van der Waals surface area contributed by atoms with E-state index in [4.69, 9.17) is 0 Å². The molecule has 24 heavy (non-hydrogen) atoms. The van der Waals surface area contributed by atoms with Crippen molar-refractivity contribution in [1.29, 1.82) is 0 Å². The first-order valence-electron chi connectivity index (χ1n) is 7.16. The zero-order valence-corrected chi connectivity index (χ0v) is 13.3. The van der Waals surface area contributed by atoms with Crippen molar-refractivity contribution in [2.24, 2.45) is 0 Å². The van der Waals surface area contributed by atoms with Gasteiger partial charge in [-0.3, -0.25) is 10.1 Å². The molecule has 0 bridgehead atoms. The fourth-order valence-corrected chi connectivity index (χ4v) is 2.88. The number of nitrogens with one attached hydrogen (secondary N) is 3. The predicted molar refractivity (Wildman–Crippen MR) is 94.5 cm³/mol. The molecule has 0 aliphatic rings. The molecule has 0 radical (unpaired) electrons. The maximum atomic E-state index is 12.1. The second-order valence-corrected chi connectivity index (χ2v) is 5.91. The first kappa shape index (κ1) is 15.8. The van der Waals surface area contributed by atoms with E-state index in [-0.39, 0.29) is 11.4 Å². The average molecular weight is 338 g/mol. The monoisotopic (exact) mass is 338 g/mol. The summed E-state index contributed by atoms with van der Waals surface area (Å²) in [6.45, 7) is 0. The van der Waals surface area contributed by atoms with Crippen LogP contribution in [-0.2, 0) is 0 Å². The zero-order valence-electron chi connectivity index (χ0n) is 12.5. The number of nitrogens with zero attached hydrogens (tertiary/aromatic N) is 1. The number of benzene rings is 2. The molecule has 3 rings (SSSR count). The lowest BCUT2D eigenvalue weighted by Gasteiger charge is -2.11. The number of carbonyl (C=O) groups excluding carboxylic acids is 1. The Labute approximate surface area is 142 Å². The number of hydrogen-bond donors (Lipinski definition) is 3. The Bertz CT molecular complexity index is 876. The van der Waals surface area contributed by atoms with Crippen molar-refractivity contribution in [2.45, 2.75) is 9.79 Å². The minimum Gasteiger partial charge on any atom is -0.307 e. The van der Waals surface area contributed by atoms with Crippen LogP contribution in [0.15, 0.2) is 81.3 Å². The number of anilines is 2. The van der Waals surface area contributed by atoms with E-state index in [0.717, 1.165) is 9.79 Å². The van der Waals surface area contributed by atoms with E-state index in [1.54, 1.807) is 11.8 Å². The van der Waals surface area contributed by atoms with E-state index in [9.17, 15) is 9.59 Å². The average Bonchev–Trinajstić information content (AvgIpc) is 2.60. The molecule has 6 nitrogen and oxygen atoms in total. The van der Waals surface area contributed by atoms with Crippen molar-refractivity contribution in [3.63, 3.8) is 0 Å². The Morgan fingerprint density at radius 1 is 0.917 bits per heavy atom. The lowest BCUT2D eigenvalue weighted by atomic mass is 10.3. The van der Waals surface area contributed by atoms with Crippen molar-refractivity contribution < 1.29 is 4.79 Å². The highest BCUT2D eigenvalue weighted by Crippen LogP contribution is 2.33. The molecule has 120 valence electrons. The molecule has 7 heteroatoms. The number of amides is 2. The number of hydrogen-bond acceptors (Lipinski definition) is 4. The van der Waals surface area contributed by atoms with Gasteiger partial charge in [-0.2, -0.15) is 5.10 Å². The SMILES string of the molecule is O=C(Nc1ccc(=O)[nH]n1)Nc1ccccc1Sc1ccccc1. The maximum Gasteiger partial charge on any atom is 0.324 e. The number of H-pyrrole nitrogens is 1. The van der Waals surface area contributed by atoms with Crippen molar-refractivity contribution >= 4 is 29.3 Å².